The lowest BCUT2D eigenvalue weighted by molar-refractivity contribution is -0.142. The molecular formula is C16H22ClNO2. The van der Waals surface area contributed by atoms with Crippen LogP contribution in [0.15, 0.2) is 24.3 Å². The van der Waals surface area contributed by atoms with E-state index in [1.165, 1.54) is 39.2 Å². The third-order valence-electron chi connectivity index (χ3n) is 3.98. The number of methoxy groups -OCH3 is 1. The summed E-state index contributed by atoms with van der Waals surface area (Å²) in [4.78, 5) is 12.0. The molecule has 0 bridgehead atoms. The minimum Gasteiger partial charge on any atom is -0.467 e. The van der Waals surface area contributed by atoms with Gasteiger partial charge in [-0.25, -0.2) is 4.79 Å². The quantitative estimate of drug-likeness (QED) is 0.825. The molecule has 0 amide bonds. The Balaban J connectivity index is 2.03. The lowest BCUT2D eigenvalue weighted by atomic mass is 9.85. The van der Waals surface area contributed by atoms with Gasteiger partial charge in [-0.3, -0.25) is 0 Å². The highest BCUT2D eigenvalue weighted by atomic mass is 35.5. The molecule has 1 saturated carbocycles. The summed E-state index contributed by atoms with van der Waals surface area (Å²) in [7, 11) is 1.44. The van der Waals surface area contributed by atoms with Crippen LogP contribution in [-0.2, 0) is 9.53 Å². The summed E-state index contributed by atoms with van der Waals surface area (Å²) in [6.45, 7) is 0. The summed E-state index contributed by atoms with van der Waals surface area (Å²) >= 11 is 6.14. The van der Waals surface area contributed by atoms with Gasteiger partial charge >= 0.3 is 5.97 Å². The van der Waals surface area contributed by atoms with Crippen LogP contribution >= 0.6 is 11.6 Å². The van der Waals surface area contributed by atoms with E-state index in [0.717, 1.165) is 12.1 Å². The minimum atomic E-state index is -0.317. The fourth-order valence-electron chi connectivity index (χ4n) is 2.88. The molecule has 0 saturated heterocycles. The minimum absolute atomic E-state index is 0.213. The number of carbonyl (C=O) groups is 1. The van der Waals surface area contributed by atoms with Crippen molar-refractivity contribution in [1.29, 1.82) is 0 Å². The van der Waals surface area contributed by atoms with Gasteiger partial charge < -0.3 is 10.1 Å². The Labute approximate surface area is 125 Å². The highest BCUT2D eigenvalue weighted by molar-refractivity contribution is 6.33. The van der Waals surface area contributed by atoms with E-state index < -0.39 is 0 Å². The first kappa shape index (κ1) is 15.2. The summed E-state index contributed by atoms with van der Waals surface area (Å²) in [6.07, 6.45) is 7.08. The zero-order valence-electron chi connectivity index (χ0n) is 11.9. The monoisotopic (exact) mass is 295 g/mol. The Hall–Kier alpha value is -1.22. The first-order valence-corrected chi connectivity index (χ1v) is 7.67. The van der Waals surface area contributed by atoms with Gasteiger partial charge in [-0.15, -0.1) is 0 Å². The van der Waals surface area contributed by atoms with Crippen LogP contribution < -0.4 is 5.32 Å². The standard InChI is InChI=1S/C16H22ClNO2/c1-20-16(19)15(11-12-7-3-2-4-8-12)18-14-10-6-5-9-13(14)17/h5-6,9-10,12,15,18H,2-4,7-8,11H2,1H3. The van der Waals surface area contributed by atoms with Gasteiger partial charge in [0, 0.05) is 0 Å². The molecule has 0 aliphatic heterocycles. The van der Waals surface area contributed by atoms with Crippen LogP contribution in [0.25, 0.3) is 0 Å². The molecule has 1 N–H and O–H groups in total. The van der Waals surface area contributed by atoms with Crippen molar-refractivity contribution < 1.29 is 9.53 Å². The summed E-state index contributed by atoms with van der Waals surface area (Å²) in [5.74, 6) is 0.387. The van der Waals surface area contributed by atoms with Gasteiger partial charge in [0.25, 0.3) is 0 Å². The molecule has 2 rings (SSSR count). The van der Waals surface area contributed by atoms with Crippen molar-refractivity contribution in [3.8, 4) is 0 Å². The second-order valence-electron chi connectivity index (χ2n) is 5.44. The van der Waals surface area contributed by atoms with E-state index in [2.05, 4.69) is 5.32 Å². The zero-order valence-corrected chi connectivity index (χ0v) is 12.7. The smallest absolute Gasteiger partial charge is 0.328 e. The Morgan fingerprint density at radius 2 is 2.05 bits per heavy atom. The van der Waals surface area contributed by atoms with Crippen LogP contribution in [0.1, 0.15) is 38.5 Å². The Morgan fingerprint density at radius 1 is 1.35 bits per heavy atom. The lowest BCUT2D eigenvalue weighted by Crippen LogP contribution is -2.33. The normalized spacial score (nSPS) is 17.5. The van der Waals surface area contributed by atoms with Crippen LogP contribution in [0.2, 0.25) is 5.02 Å². The molecule has 110 valence electrons. The van der Waals surface area contributed by atoms with E-state index in [1.807, 2.05) is 24.3 Å². The maximum atomic E-state index is 12.0. The van der Waals surface area contributed by atoms with E-state index >= 15 is 0 Å². The maximum absolute atomic E-state index is 12.0. The van der Waals surface area contributed by atoms with Crippen LogP contribution in [0.4, 0.5) is 5.69 Å². The first-order valence-electron chi connectivity index (χ1n) is 7.29. The summed E-state index contributed by atoms with van der Waals surface area (Å²) < 4.78 is 4.92. The fraction of sp³-hybridized carbons (Fsp3) is 0.562. The van der Waals surface area contributed by atoms with Crippen LogP contribution in [-0.4, -0.2) is 19.1 Å². The van der Waals surface area contributed by atoms with E-state index in [-0.39, 0.29) is 12.0 Å². The number of nitrogens with one attached hydrogen (secondary N) is 1. The second-order valence-corrected chi connectivity index (χ2v) is 5.85. The summed E-state index contributed by atoms with van der Waals surface area (Å²) in [5.41, 5.74) is 0.792. The molecule has 1 aliphatic carbocycles. The molecule has 0 aromatic heterocycles. The SMILES string of the molecule is COC(=O)C(CC1CCCCC1)Nc1ccccc1Cl. The molecule has 3 nitrogen and oxygen atoms in total. The number of esters is 1. The zero-order chi connectivity index (χ0) is 14.4. The molecule has 0 radical (unpaired) electrons. The van der Waals surface area contributed by atoms with Crippen molar-refractivity contribution in [3.05, 3.63) is 29.3 Å². The highest BCUT2D eigenvalue weighted by Gasteiger charge is 2.25. The van der Waals surface area contributed by atoms with Gasteiger partial charge in [0.15, 0.2) is 0 Å². The number of halogens is 1. The first-order chi connectivity index (χ1) is 9.70. The number of carbonyl (C=O) groups excluding carboxylic acids is 1. The van der Waals surface area contributed by atoms with Crippen LogP contribution in [0.5, 0.6) is 0 Å². The van der Waals surface area contributed by atoms with E-state index in [1.54, 1.807) is 0 Å². The molecule has 1 aliphatic rings. The molecule has 1 aromatic carbocycles. The number of hydrogen-bond donors (Lipinski definition) is 1. The maximum Gasteiger partial charge on any atom is 0.328 e. The summed E-state index contributed by atoms with van der Waals surface area (Å²) in [6, 6.07) is 7.17. The van der Waals surface area contributed by atoms with Gasteiger partial charge in [-0.1, -0.05) is 55.8 Å². The number of para-hydroxylation sites is 1. The molecule has 1 atom stereocenters. The molecule has 1 aromatic rings. The lowest BCUT2D eigenvalue weighted by Gasteiger charge is -2.26. The van der Waals surface area contributed by atoms with Crippen LogP contribution in [0, 0.1) is 5.92 Å². The van der Waals surface area contributed by atoms with Crippen molar-refractivity contribution in [1.82, 2.24) is 0 Å². The molecule has 0 spiro atoms. The largest absolute Gasteiger partial charge is 0.467 e. The Morgan fingerprint density at radius 3 is 2.70 bits per heavy atom. The van der Waals surface area contributed by atoms with E-state index in [0.29, 0.717) is 10.9 Å². The van der Waals surface area contributed by atoms with Crippen LogP contribution in [0.3, 0.4) is 0 Å². The summed E-state index contributed by atoms with van der Waals surface area (Å²) in [5, 5.41) is 3.87. The van der Waals surface area contributed by atoms with Gasteiger partial charge in [0.2, 0.25) is 0 Å². The third-order valence-corrected chi connectivity index (χ3v) is 4.31. The van der Waals surface area contributed by atoms with Crippen molar-refractivity contribution in [2.75, 3.05) is 12.4 Å². The molecule has 20 heavy (non-hydrogen) atoms. The van der Waals surface area contributed by atoms with Crippen molar-refractivity contribution in [2.45, 2.75) is 44.6 Å². The van der Waals surface area contributed by atoms with Crippen molar-refractivity contribution >= 4 is 23.3 Å². The highest BCUT2D eigenvalue weighted by Crippen LogP contribution is 2.29. The number of benzene rings is 1. The third kappa shape index (κ3) is 4.14. The van der Waals surface area contributed by atoms with Gasteiger partial charge in [0.1, 0.15) is 6.04 Å². The van der Waals surface area contributed by atoms with Crippen molar-refractivity contribution in [2.24, 2.45) is 5.92 Å². The number of rotatable bonds is 5. The average Bonchev–Trinajstić information content (AvgIpc) is 2.49. The molecule has 1 unspecified atom stereocenters. The van der Waals surface area contributed by atoms with E-state index in [4.69, 9.17) is 16.3 Å². The van der Waals surface area contributed by atoms with E-state index in [9.17, 15) is 4.79 Å². The van der Waals surface area contributed by atoms with Gasteiger partial charge in [-0.2, -0.15) is 0 Å². The fourth-order valence-corrected chi connectivity index (χ4v) is 3.07. The molecule has 4 heteroatoms. The number of ether oxygens (including phenoxy) is 1. The topological polar surface area (TPSA) is 38.3 Å². The Bertz CT molecular complexity index is 444. The predicted molar refractivity (Wildman–Crippen MR) is 82.1 cm³/mol. The average molecular weight is 296 g/mol. The molecule has 0 heterocycles. The Kier molecular flexibility index (Phi) is 5.72. The molecule has 1 fully saturated rings. The number of anilines is 1. The number of hydrogen-bond acceptors (Lipinski definition) is 3. The van der Waals surface area contributed by atoms with Gasteiger partial charge in [0.05, 0.1) is 17.8 Å². The van der Waals surface area contributed by atoms with Gasteiger partial charge in [-0.05, 0) is 24.5 Å². The molecular weight excluding hydrogens is 274 g/mol. The predicted octanol–water partition coefficient (Wildman–Crippen LogP) is 4.26. The van der Waals surface area contributed by atoms with Crippen molar-refractivity contribution in [3.63, 3.8) is 0 Å². The second kappa shape index (κ2) is 7.53.